The van der Waals surface area contributed by atoms with E-state index in [0.717, 1.165) is 19.6 Å². The van der Waals surface area contributed by atoms with E-state index in [4.69, 9.17) is 11.6 Å². The minimum atomic E-state index is -0.0637. The number of hydrogen-bond donors (Lipinski definition) is 1. The molecule has 12 heavy (non-hydrogen) atoms. The van der Waals surface area contributed by atoms with Crippen LogP contribution in [0.5, 0.6) is 0 Å². The molecule has 0 aliphatic carbocycles. The second-order valence-corrected chi connectivity index (χ2v) is 3.62. The van der Waals surface area contributed by atoms with Crippen LogP contribution < -0.4 is 5.32 Å². The van der Waals surface area contributed by atoms with Crippen molar-refractivity contribution in [1.29, 1.82) is 0 Å². The second kappa shape index (κ2) is 4.67. The van der Waals surface area contributed by atoms with Gasteiger partial charge in [0.25, 0.3) is 0 Å². The van der Waals surface area contributed by atoms with Crippen molar-refractivity contribution in [2.75, 3.05) is 32.6 Å². The zero-order chi connectivity index (χ0) is 8.97. The molecule has 4 heteroatoms. The third-order valence-electron chi connectivity index (χ3n) is 2.20. The average Bonchev–Trinajstić information content (AvgIpc) is 2.47. The van der Waals surface area contributed by atoms with Crippen LogP contribution in [0.3, 0.4) is 0 Å². The van der Waals surface area contributed by atoms with Gasteiger partial charge in [0.2, 0.25) is 5.91 Å². The first-order valence-corrected chi connectivity index (χ1v) is 4.77. The van der Waals surface area contributed by atoms with E-state index in [-0.39, 0.29) is 11.8 Å². The number of likely N-dealkylation sites (tertiary alicyclic amines) is 1. The summed E-state index contributed by atoms with van der Waals surface area (Å²) in [5, 5.41) is 2.80. The molecule has 0 aromatic carbocycles. The summed E-state index contributed by atoms with van der Waals surface area (Å²) < 4.78 is 0. The maximum atomic E-state index is 10.8. The number of amides is 1. The van der Waals surface area contributed by atoms with Gasteiger partial charge in [0.15, 0.2) is 0 Å². The zero-order valence-electron chi connectivity index (χ0n) is 7.35. The van der Waals surface area contributed by atoms with Crippen molar-refractivity contribution in [3.63, 3.8) is 0 Å². The van der Waals surface area contributed by atoms with Crippen LogP contribution in [-0.4, -0.2) is 43.4 Å². The molecule has 1 heterocycles. The number of carbonyl (C=O) groups is 1. The highest BCUT2D eigenvalue weighted by Gasteiger charge is 2.19. The van der Waals surface area contributed by atoms with Gasteiger partial charge in [-0.05, 0) is 25.9 Å². The maximum Gasteiger partial charge on any atom is 0.234 e. The van der Waals surface area contributed by atoms with Gasteiger partial charge in [0.05, 0.1) is 0 Å². The van der Waals surface area contributed by atoms with Crippen LogP contribution in [0.2, 0.25) is 0 Å². The van der Waals surface area contributed by atoms with Crippen molar-refractivity contribution in [3.8, 4) is 0 Å². The van der Waals surface area contributed by atoms with Crippen molar-refractivity contribution in [3.05, 3.63) is 0 Å². The third kappa shape index (κ3) is 2.99. The summed E-state index contributed by atoms with van der Waals surface area (Å²) in [5.41, 5.74) is 0. The van der Waals surface area contributed by atoms with Gasteiger partial charge in [-0.15, -0.1) is 11.6 Å². The molecular formula is C8H15ClN2O. The first-order valence-electron chi connectivity index (χ1n) is 4.23. The van der Waals surface area contributed by atoms with E-state index in [1.165, 1.54) is 6.42 Å². The Kier molecular flexibility index (Phi) is 3.82. The number of alkyl halides is 1. The number of carbonyl (C=O) groups excluding carboxylic acids is 1. The molecule has 0 unspecified atom stereocenters. The quantitative estimate of drug-likeness (QED) is 0.650. The Labute approximate surface area is 78.1 Å². The fraction of sp³-hybridized carbons (Fsp3) is 0.875. The molecule has 1 aliphatic heterocycles. The normalized spacial score (nSPS) is 24.3. The maximum absolute atomic E-state index is 10.8. The fourth-order valence-electron chi connectivity index (χ4n) is 1.50. The Morgan fingerprint density at radius 1 is 1.75 bits per heavy atom. The molecule has 1 aliphatic rings. The van der Waals surface area contributed by atoms with Gasteiger partial charge in [0.1, 0.15) is 5.88 Å². The molecule has 1 amide bonds. The van der Waals surface area contributed by atoms with Gasteiger partial charge >= 0.3 is 0 Å². The number of rotatable bonds is 3. The van der Waals surface area contributed by atoms with E-state index in [0.29, 0.717) is 5.92 Å². The number of nitrogens with one attached hydrogen (secondary N) is 1. The van der Waals surface area contributed by atoms with Crippen LogP contribution in [0.25, 0.3) is 0 Å². The lowest BCUT2D eigenvalue weighted by Gasteiger charge is -2.10. The molecule has 0 spiro atoms. The summed E-state index contributed by atoms with van der Waals surface area (Å²) in [6.45, 7) is 3.00. The minimum absolute atomic E-state index is 0.0637. The van der Waals surface area contributed by atoms with E-state index < -0.39 is 0 Å². The molecular weight excluding hydrogens is 176 g/mol. The average molecular weight is 191 g/mol. The predicted octanol–water partition coefficient (Wildman–Crippen LogP) is 0.293. The van der Waals surface area contributed by atoms with Crippen LogP contribution in [-0.2, 0) is 4.79 Å². The second-order valence-electron chi connectivity index (χ2n) is 3.35. The van der Waals surface area contributed by atoms with Crippen molar-refractivity contribution >= 4 is 17.5 Å². The van der Waals surface area contributed by atoms with Crippen molar-refractivity contribution < 1.29 is 4.79 Å². The van der Waals surface area contributed by atoms with Crippen molar-refractivity contribution in [2.24, 2.45) is 5.92 Å². The molecule has 3 nitrogen and oxygen atoms in total. The number of hydrogen-bond acceptors (Lipinski definition) is 2. The first kappa shape index (κ1) is 9.81. The molecule has 70 valence electrons. The van der Waals surface area contributed by atoms with Crippen LogP contribution in [0.15, 0.2) is 0 Å². The third-order valence-corrected chi connectivity index (χ3v) is 2.44. The van der Waals surface area contributed by atoms with Crippen LogP contribution in [0, 0.1) is 5.92 Å². The molecule has 1 rings (SSSR count). The van der Waals surface area contributed by atoms with Gasteiger partial charge < -0.3 is 10.2 Å². The standard InChI is InChI=1S/C8H15ClN2O/c1-11-3-2-7(6-11)5-10-8(12)4-9/h7H,2-6H2,1H3,(H,10,12)/t7-/m1/s1. The summed E-state index contributed by atoms with van der Waals surface area (Å²) in [6.07, 6.45) is 1.18. The van der Waals surface area contributed by atoms with Gasteiger partial charge in [-0.2, -0.15) is 0 Å². The van der Waals surface area contributed by atoms with E-state index in [1.54, 1.807) is 0 Å². The summed E-state index contributed by atoms with van der Waals surface area (Å²) in [5.74, 6) is 0.621. The molecule has 0 aromatic rings. The van der Waals surface area contributed by atoms with Crippen LogP contribution >= 0.6 is 11.6 Å². The van der Waals surface area contributed by atoms with E-state index in [9.17, 15) is 4.79 Å². The Bertz CT molecular complexity index is 163. The summed E-state index contributed by atoms with van der Waals surface area (Å²) in [7, 11) is 2.10. The number of halogens is 1. The molecule has 0 bridgehead atoms. The Balaban J connectivity index is 2.11. The molecule has 1 saturated heterocycles. The molecule has 1 atom stereocenters. The summed E-state index contributed by atoms with van der Waals surface area (Å²) in [4.78, 5) is 13.1. The summed E-state index contributed by atoms with van der Waals surface area (Å²) in [6, 6.07) is 0. The fourth-order valence-corrected chi connectivity index (χ4v) is 1.59. The zero-order valence-corrected chi connectivity index (χ0v) is 8.10. The predicted molar refractivity (Wildman–Crippen MR) is 49.3 cm³/mol. The van der Waals surface area contributed by atoms with E-state index in [2.05, 4.69) is 17.3 Å². The van der Waals surface area contributed by atoms with E-state index >= 15 is 0 Å². The lowest BCUT2D eigenvalue weighted by Crippen LogP contribution is -2.31. The van der Waals surface area contributed by atoms with Gasteiger partial charge in [-0.1, -0.05) is 0 Å². The van der Waals surface area contributed by atoms with Gasteiger partial charge in [-0.3, -0.25) is 4.79 Å². The van der Waals surface area contributed by atoms with Crippen molar-refractivity contribution in [2.45, 2.75) is 6.42 Å². The molecule has 0 saturated carbocycles. The highest BCUT2D eigenvalue weighted by atomic mass is 35.5. The number of nitrogens with zero attached hydrogens (tertiary/aromatic N) is 1. The largest absolute Gasteiger partial charge is 0.355 e. The highest BCUT2D eigenvalue weighted by Crippen LogP contribution is 2.12. The lowest BCUT2D eigenvalue weighted by atomic mass is 10.1. The lowest BCUT2D eigenvalue weighted by molar-refractivity contribution is -0.118. The first-order chi connectivity index (χ1) is 5.72. The molecule has 0 radical (unpaired) electrons. The Hall–Kier alpha value is -0.280. The van der Waals surface area contributed by atoms with Gasteiger partial charge in [-0.25, -0.2) is 0 Å². The molecule has 1 N–H and O–H groups in total. The molecule has 0 aromatic heterocycles. The van der Waals surface area contributed by atoms with Crippen LogP contribution in [0.1, 0.15) is 6.42 Å². The SMILES string of the molecule is CN1CC[C@H](CNC(=O)CCl)C1. The topological polar surface area (TPSA) is 32.3 Å². The highest BCUT2D eigenvalue weighted by molar-refractivity contribution is 6.27. The Morgan fingerprint density at radius 3 is 3.00 bits per heavy atom. The van der Waals surface area contributed by atoms with Gasteiger partial charge in [0, 0.05) is 13.1 Å². The van der Waals surface area contributed by atoms with E-state index in [1.807, 2.05) is 0 Å². The minimum Gasteiger partial charge on any atom is -0.355 e. The monoisotopic (exact) mass is 190 g/mol. The summed E-state index contributed by atoms with van der Waals surface area (Å²) >= 11 is 5.34. The smallest absolute Gasteiger partial charge is 0.234 e. The Morgan fingerprint density at radius 2 is 2.50 bits per heavy atom. The molecule has 1 fully saturated rings. The van der Waals surface area contributed by atoms with Crippen LogP contribution in [0.4, 0.5) is 0 Å². The van der Waals surface area contributed by atoms with Crippen molar-refractivity contribution in [1.82, 2.24) is 10.2 Å².